The van der Waals surface area contributed by atoms with E-state index in [1.807, 2.05) is 0 Å². The molecule has 0 aliphatic heterocycles. The second kappa shape index (κ2) is 5.73. The molecule has 1 atom stereocenters. The molecule has 15 heavy (non-hydrogen) atoms. The van der Waals surface area contributed by atoms with E-state index in [0.717, 1.165) is 12.2 Å². The molecule has 1 aromatic carbocycles. The Bertz CT molecular complexity index is 297. The van der Waals surface area contributed by atoms with Crippen LogP contribution in [0.1, 0.15) is 12.5 Å². The molecule has 2 N–H and O–H groups in total. The number of likely N-dealkylation sites (N-methyl/N-ethyl adjacent to an activating group) is 1. The van der Waals surface area contributed by atoms with Gasteiger partial charge in [-0.15, -0.1) is 0 Å². The van der Waals surface area contributed by atoms with Crippen molar-refractivity contribution in [3.8, 4) is 0 Å². The first-order chi connectivity index (χ1) is 7.22. The Labute approximate surface area is 91.8 Å². The van der Waals surface area contributed by atoms with E-state index in [0.29, 0.717) is 6.54 Å². The van der Waals surface area contributed by atoms with Crippen LogP contribution < -0.4 is 10.6 Å². The molecular formula is C12H20N2O. The molecular weight excluding hydrogens is 188 g/mol. The molecule has 0 aromatic heterocycles. The minimum atomic E-state index is -0.0446. The Hall–Kier alpha value is -1.06. The Kier molecular flexibility index (Phi) is 4.59. The third kappa shape index (κ3) is 2.94. The maximum Gasteiger partial charge on any atom is 0.142 e. The molecule has 0 saturated carbocycles. The van der Waals surface area contributed by atoms with Crippen molar-refractivity contribution >= 4 is 5.69 Å². The van der Waals surface area contributed by atoms with Crippen LogP contribution in [0.3, 0.4) is 0 Å². The SMILES string of the molecule is CCN(c1cccc(C)c1)C(CN)OC. The highest BCUT2D eigenvalue weighted by Crippen LogP contribution is 2.18. The van der Waals surface area contributed by atoms with Gasteiger partial charge in [0.25, 0.3) is 0 Å². The zero-order chi connectivity index (χ0) is 11.3. The Balaban J connectivity index is 2.90. The molecule has 0 heterocycles. The molecule has 1 aromatic rings. The fourth-order valence-electron chi connectivity index (χ4n) is 1.71. The molecule has 3 nitrogen and oxygen atoms in total. The van der Waals surface area contributed by atoms with Crippen LogP contribution in [0.4, 0.5) is 5.69 Å². The fraction of sp³-hybridized carbons (Fsp3) is 0.500. The summed E-state index contributed by atoms with van der Waals surface area (Å²) in [6, 6.07) is 8.36. The zero-order valence-electron chi connectivity index (χ0n) is 9.73. The lowest BCUT2D eigenvalue weighted by Gasteiger charge is -2.30. The van der Waals surface area contributed by atoms with E-state index in [9.17, 15) is 0 Å². The summed E-state index contributed by atoms with van der Waals surface area (Å²) >= 11 is 0. The summed E-state index contributed by atoms with van der Waals surface area (Å²) in [5.74, 6) is 0. The smallest absolute Gasteiger partial charge is 0.142 e. The quantitative estimate of drug-likeness (QED) is 0.749. The standard InChI is InChI=1S/C12H20N2O/c1-4-14(12(9-13)15-3)11-7-5-6-10(2)8-11/h5-8,12H,4,9,13H2,1-3H3. The maximum atomic E-state index is 5.67. The summed E-state index contributed by atoms with van der Waals surface area (Å²) in [5.41, 5.74) is 8.08. The number of anilines is 1. The van der Waals surface area contributed by atoms with E-state index in [1.165, 1.54) is 5.56 Å². The van der Waals surface area contributed by atoms with E-state index in [1.54, 1.807) is 7.11 Å². The van der Waals surface area contributed by atoms with Gasteiger partial charge < -0.3 is 15.4 Å². The maximum absolute atomic E-state index is 5.67. The van der Waals surface area contributed by atoms with E-state index in [4.69, 9.17) is 10.5 Å². The van der Waals surface area contributed by atoms with Gasteiger partial charge >= 0.3 is 0 Å². The minimum absolute atomic E-state index is 0.0446. The molecule has 0 fully saturated rings. The Morgan fingerprint density at radius 3 is 2.67 bits per heavy atom. The molecule has 0 bridgehead atoms. The number of ether oxygens (including phenoxy) is 1. The largest absolute Gasteiger partial charge is 0.360 e. The van der Waals surface area contributed by atoms with Crippen molar-refractivity contribution < 1.29 is 4.74 Å². The lowest BCUT2D eigenvalue weighted by molar-refractivity contribution is 0.106. The summed E-state index contributed by atoms with van der Waals surface area (Å²) < 4.78 is 5.35. The number of methoxy groups -OCH3 is 1. The first-order valence-corrected chi connectivity index (χ1v) is 5.29. The first-order valence-electron chi connectivity index (χ1n) is 5.29. The third-order valence-electron chi connectivity index (χ3n) is 2.50. The summed E-state index contributed by atoms with van der Waals surface area (Å²) in [4.78, 5) is 2.16. The number of nitrogens with zero attached hydrogens (tertiary/aromatic N) is 1. The molecule has 0 aliphatic rings. The normalized spacial score (nSPS) is 12.5. The van der Waals surface area contributed by atoms with Crippen molar-refractivity contribution in [2.45, 2.75) is 20.1 Å². The van der Waals surface area contributed by atoms with Crippen LogP contribution in [0.5, 0.6) is 0 Å². The summed E-state index contributed by atoms with van der Waals surface area (Å²) in [5, 5.41) is 0. The van der Waals surface area contributed by atoms with Crippen molar-refractivity contribution in [3.05, 3.63) is 29.8 Å². The molecule has 1 unspecified atom stereocenters. The van der Waals surface area contributed by atoms with Crippen LogP contribution in [0.15, 0.2) is 24.3 Å². The van der Waals surface area contributed by atoms with Crippen LogP contribution in [0.25, 0.3) is 0 Å². The predicted molar refractivity (Wildman–Crippen MR) is 64.1 cm³/mol. The van der Waals surface area contributed by atoms with Crippen LogP contribution in [0.2, 0.25) is 0 Å². The van der Waals surface area contributed by atoms with Crippen molar-refractivity contribution in [1.29, 1.82) is 0 Å². The summed E-state index contributed by atoms with van der Waals surface area (Å²) in [6.45, 7) is 5.57. The molecule has 0 aliphatic carbocycles. The van der Waals surface area contributed by atoms with Crippen LogP contribution in [0, 0.1) is 6.92 Å². The highest BCUT2D eigenvalue weighted by atomic mass is 16.5. The topological polar surface area (TPSA) is 38.5 Å². The highest BCUT2D eigenvalue weighted by molar-refractivity contribution is 5.48. The average molecular weight is 208 g/mol. The number of benzene rings is 1. The first kappa shape index (κ1) is 12.0. The molecule has 0 saturated heterocycles. The number of nitrogens with two attached hydrogens (primary N) is 1. The van der Waals surface area contributed by atoms with Gasteiger partial charge in [-0.1, -0.05) is 12.1 Å². The van der Waals surface area contributed by atoms with E-state index >= 15 is 0 Å². The molecule has 3 heteroatoms. The van der Waals surface area contributed by atoms with Crippen molar-refractivity contribution in [3.63, 3.8) is 0 Å². The second-order valence-electron chi connectivity index (χ2n) is 3.55. The number of hydrogen-bond donors (Lipinski definition) is 1. The Morgan fingerprint density at radius 1 is 1.47 bits per heavy atom. The summed E-state index contributed by atoms with van der Waals surface area (Å²) in [7, 11) is 1.69. The zero-order valence-corrected chi connectivity index (χ0v) is 9.73. The van der Waals surface area contributed by atoms with Crippen LogP contribution in [-0.2, 0) is 4.74 Å². The number of aryl methyl sites for hydroxylation is 1. The third-order valence-corrected chi connectivity index (χ3v) is 2.50. The fourth-order valence-corrected chi connectivity index (χ4v) is 1.71. The lowest BCUT2D eigenvalue weighted by Crippen LogP contribution is -2.42. The second-order valence-corrected chi connectivity index (χ2v) is 3.55. The van der Waals surface area contributed by atoms with Gasteiger partial charge in [-0.25, -0.2) is 0 Å². The molecule has 0 radical (unpaired) electrons. The van der Waals surface area contributed by atoms with Gasteiger partial charge in [0.2, 0.25) is 0 Å². The van der Waals surface area contributed by atoms with E-state index < -0.39 is 0 Å². The van der Waals surface area contributed by atoms with Gasteiger partial charge in [0.15, 0.2) is 0 Å². The molecule has 0 spiro atoms. The van der Waals surface area contributed by atoms with E-state index in [2.05, 4.69) is 43.0 Å². The van der Waals surface area contributed by atoms with Gasteiger partial charge in [-0.2, -0.15) is 0 Å². The van der Waals surface area contributed by atoms with Gasteiger partial charge in [0.1, 0.15) is 6.23 Å². The number of hydrogen-bond acceptors (Lipinski definition) is 3. The van der Waals surface area contributed by atoms with Crippen molar-refractivity contribution in [1.82, 2.24) is 0 Å². The van der Waals surface area contributed by atoms with Crippen LogP contribution in [-0.4, -0.2) is 26.4 Å². The van der Waals surface area contributed by atoms with Crippen molar-refractivity contribution in [2.24, 2.45) is 5.73 Å². The predicted octanol–water partition coefficient (Wildman–Crippen LogP) is 1.75. The summed E-state index contributed by atoms with van der Waals surface area (Å²) in [6.07, 6.45) is -0.0446. The van der Waals surface area contributed by atoms with Crippen LogP contribution >= 0.6 is 0 Å². The molecule has 0 amide bonds. The monoisotopic (exact) mass is 208 g/mol. The number of rotatable bonds is 5. The molecule has 1 rings (SSSR count). The Morgan fingerprint density at radius 2 is 2.20 bits per heavy atom. The van der Waals surface area contributed by atoms with Gasteiger partial charge in [-0.05, 0) is 31.5 Å². The minimum Gasteiger partial charge on any atom is -0.360 e. The van der Waals surface area contributed by atoms with Gasteiger partial charge in [-0.3, -0.25) is 0 Å². The van der Waals surface area contributed by atoms with Gasteiger partial charge in [0, 0.05) is 25.9 Å². The highest BCUT2D eigenvalue weighted by Gasteiger charge is 2.14. The average Bonchev–Trinajstić information content (AvgIpc) is 2.25. The van der Waals surface area contributed by atoms with Gasteiger partial charge in [0.05, 0.1) is 0 Å². The lowest BCUT2D eigenvalue weighted by atomic mass is 10.2. The molecule has 84 valence electrons. The van der Waals surface area contributed by atoms with E-state index in [-0.39, 0.29) is 6.23 Å². The van der Waals surface area contributed by atoms with Crippen molar-refractivity contribution in [2.75, 3.05) is 25.1 Å².